The van der Waals surface area contributed by atoms with Crippen molar-refractivity contribution in [3.8, 4) is 5.75 Å². The molecular formula is C25H26N4O5S. The molecule has 0 spiro atoms. The van der Waals surface area contributed by atoms with Gasteiger partial charge in [0.2, 0.25) is 10.0 Å². The number of H-pyrrole nitrogens is 1. The number of methoxy groups -OCH3 is 1. The van der Waals surface area contributed by atoms with Gasteiger partial charge < -0.3 is 14.8 Å². The Morgan fingerprint density at radius 1 is 1.09 bits per heavy atom. The molecule has 0 unspecified atom stereocenters. The molecule has 9 nitrogen and oxygen atoms in total. The Hall–Kier alpha value is -3.76. The molecule has 2 aromatic carbocycles. The minimum atomic E-state index is -4.04. The summed E-state index contributed by atoms with van der Waals surface area (Å²) < 4.78 is 32.5. The van der Waals surface area contributed by atoms with Gasteiger partial charge in [0, 0.05) is 19.7 Å². The number of imidazole rings is 1. The maximum atomic E-state index is 13.2. The number of aliphatic carboxylic acids is 1. The number of carbonyl (C=O) groups is 1. The molecular weight excluding hydrogens is 468 g/mol. The molecule has 0 aliphatic carbocycles. The Kier molecular flexibility index (Phi) is 6.86. The smallest absolute Gasteiger partial charge is 0.322 e. The summed E-state index contributed by atoms with van der Waals surface area (Å²) in [5.41, 5.74) is 4.00. The molecule has 2 heterocycles. The number of aromatic amines is 1. The van der Waals surface area contributed by atoms with Crippen LogP contribution >= 0.6 is 0 Å². The van der Waals surface area contributed by atoms with E-state index in [0.717, 1.165) is 32.4 Å². The Morgan fingerprint density at radius 3 is 2.37 bits per heavy atom. The number of likely N-dealkylation sites (N-methyl/N-ethyl adjacent to an activating group) is 1. The predicted molar refractivity (Wildman–Crippen MR) is 131 cm³/mol. The zero-order chi connectivity index (χ0) is 25.2. The molecule has 182 valence electrons. The van der Waals surface area contributed by atoms with Gasteiger partial charge in [-0.25, -0.2) is 13.4 Å². The number of fused-ring (bicyclic) bond motifs is 1. The van der Waals surface area contributed by atoms with Gasteiger partial charge in [-0.3, -0.25) is 9.78 Å². The maximum absolute atomic E-state index is 13.2. The van der Waals surface area contributed by atoms with Crippen LogP contribution in [0.25, 0.3) is 11.0 Å². The summed E-state index contributed by atoms with van der Waals surface area (Å²) in [5.74, 6) is 0.203. The van der Waals surface area contributed by atoms with Crippen LogP contribution in [0.15, 0.2) is 65.7 Å². The fraction of sp³-hybridized carbons (Fsp3) is 0.240. The molecule has 0 bridgehead atoms. The van der Waals surface area contributed by atoms with E-state index in [-0.39, 0.29) is 11.3 Å². The summed E-state index contributed by atoms with van der Waals surface area (Å²) in [6, 6.07) is 13.8. The van der Waals surface area contributed by atoms with E-state index in [4.69, 9.17) is 4.74 Å². The standard InChI is InChI=1S/C25H26N4O5S/c1-16-27-21-12-13-26-22(24(21)28-16)14-17-6-10-20(11-7-17)35(32,33)29(2)23(25(30)31)15-18-4-8-19(34-3)9-5-18/h4-13,23H,14-15H2,1-3H3,(H,27,28)(H,30,31)/t23-/m0/s1. The molecule has 35 heavy (non-hydrogen) atoms. The van der Waals surface area contributed by atoms with Crippen LogP contribution in [0.3, 0.4) is 0 Å². The normalized spacial score (nSPS) is 12.7. The number of sulfonamides is 1. The van der Waals surface area contributed by atoms with E-state index in [1.807, 2.05) is 13.0 Å². The minimum absolute atomic E-state index is 0.0197. The molecule has 10 heteroatoms. The lowest BCUT2D eigenvalue weighted by Gasteiger charge is -2.24. The zero-order valence-corrected chi connectivity index (χ0v) is 20.4. The van der Waals surface area contributed by atoms with Gasteiger partial charge in [-0.2, -0.15) is 4.31 Å². The second kappa shape index (κ2) is 9.85. The van der Waals surface area contributed by atoms with Crippen molar-refractivity contribution in [2.75, 3.05) is 14.2 Å². The van der Waals surface area contributed by atoms with Crippen LogP contribution in [0, 0.1) is 6.92 Å². The van der Waals surface area contributed by atoms with Crippen LogP contribution in [0.1, 0.15) is 22.6 Å². The first-order valence-electron chi connectivity index (χ1n) is 10.9. The van der Waals surface area contributed by atoms with Gasteiger partial charge in [-0.1, -0.05) is 24.3 Å². The molecule has 2 N–H and O–H groups in total. The Labute approximate surface area is 203 Å². The molecule has 4 rings (SSSR count). The monoisotopic (exact) mass is 494 g/mol. The number of aromatic nitrogens is 3. The zero-order valence-electron chi connectivity index (χ0n) is 19.6. The highest BCUT2D eigenvalue weighted by molar-refractivity contribution is 7.89. The molecule has 1 atom stereocenters. The Balaban J connectivity index is 1.54. The molecule has 0 amide bonds. The second-order valence-corrected chi connectivity index (χ2v) is 10.2. The van der Waals surface area contributed by atoms with Crippen LogP contribution < -0.4 is 4.74 Å². The number of carboxylic acid groups (broad SMARTS) is 1. The van der Waals surface area contributed by atoms with Crippen LogP contribution in [0.5, 0.6) is 5.75 Å². The molecule has 0 radical (unpaired) electrons. The van der Waals surface area contributed by atoms with E-state index in [1.165, 1.54) is 26.3 Å². The highest BCUT2D eigenvalue weighted by atomic mass is 32.2. The summed E-state index contributed by atoms with van der Waals surface area (Å²) in [6.45, 7) is 1.87. The van der Waals surface area contributed by atoms with Crippen molar-refractivity contribution in [2.45, 2.75) is 30.7 Å². The predicted octanol–water partition coefficient (Wildman–Crippen LogP) is 3.18. The number of nitrogens with zero attached hydrogens (tertiary/aromatic N) is 3. The lowest BCUT2D eigenvalue weighted by molar-refractivity contribution is -0.141. The van der Waals surface area contributed by atoms with Crippen molar-refractivity contribution in [1.82, 2.24) is 19.3 Å². The van der Waals surface area contributed by atoms with Gasteiger partial charge in [-0.15, -0.1) is 0 Å². The number of ether oxygens (including phenoxy) is 1. The molecule has 4 aromatic rings. The van der Waals surface area contributed by atoms with Crippen molar-refractivity contribution in [2.24, 2.45) is 0 Å². The van der Waals surface area contributed by atoms with E-state index < -0.39 is 22.0 Å². The van der Waals surface area contributed by atoms with Crippen LogP contribution in [0.2, 0.25) is 0 Å². The van der Waals surface area contributed by atoms with E-state index in [0.29, 0.717) is 17.7 Å². The number of pyridine rings is 1. The highest BCUT2D eigenvalue weighted by Crippen LogP contribution is 2.23. The number of nitrogens with one attached hydrogen (secondary N) is 1. The highest BCUT2D eigenvalue weighted by Gasteiger charge is 2.33. The maximum Gasteiger partial charge on any atom is 0.322 e. The van der Waals surface area contributed by atoms with E-state index in [9.17, 15) is 18.3 Å². The first-order chi connectivity index (χ1) is 16.7. The number of aryl methyl sites for hydroxylation is 1. The van der Waals surface area contributed by atoms with Crippen LogP contribution in [0.4, 0.5) is 0 Å². The molecule has 0 fully saturated rings. The lowest BCUT2D eigenvalue weighted by atomic mass is 10.1. The summed E-state index contributed by atoms with van der Waals surface area (Å²) in [6.07, 6.45) is 2.21. The van der Waals surface area contributed by atoms with Gasteiger partial charge in [0.1, 0.15) is 23.1 Å². The SMILES string of the molecule is COc1ccc(C[C@@H](C(=O)O)N(C)S(=O)(=O)c2ccc(Cc3nccc4[nH]c(C)nc34)cc2)cc1. The van der Waals surface area contributed by atoms with Crippen molar-refractivity contribution in [3.63, 3.8) is 0 Å². The molecule has 2 aromatic heterocycles. The first kappa shape index (κ1) is 24.4. The number of carboxylic acids is 1. The Morgan fingerprint density at radius 2 is 1.74 bits per heavy atom. The topological polar surface area (TPSA) is 125 Å². The van der Waals surface area contributed by atoms with Gasteiger partial charge in [-0.05, 0) is 54.8 Å². The average Bonchev–Trinajstić information content (AvgIpc) is 3.24. The van der Waals surface area contributed by atoms with Gasteiger partial charge in [0.15, 0.2) is 0 Å². The fourth-order valence-electron chi connectivity index (χ4n) is 3.91. The molecule has 0 aliphatic rings. The summed E-state index contributed by atoms with van der Waals surface area (Å²) in [7, 11) is -1.22. The van der Waals surface area contributed by atoms with Crippen LogP contribution in [-0.2, 0) is 27.7 Å². The number of hydrogen-bond acceptors (Lipinski definition) is 6. The number of benzene rings is 2. The minimum Gasteiger partial charge on any atom is -0.497 e. The summed E-state index contributed by atoms with van der Waals surface area (Å²) in [5, 5.41) is 9.77. The fourth-order valence-corrected chi connectivity index (χ4v) is 5.22. The summed E-state index contributed by atoms with van der Waals surface area (Å²) in [4.78, 5) is 24.1. The Bertz CT molecular complexity index is 1450. The molecule has 0 saturated heterocycles. The third-order valence-electron chi connectivity index (χ3n) is 5.88. The largest absolute Gasteiger partial charge is 0.497 e. The third-order valence-corrected chi connectivity index (χ3v) is 7.76. The van der Waals surface area contributed by atoms with E-state index in [2.05, 4.69) is 15.0 Å². The van der Waals surface area contributed by atoms with Crippen molar-refractivity contribution in [3.05, 3.63) is 83.4 Å². The average molecular weight is 495 g/mol. The molecule has 0 saturated carbocycles. The number of rotatable bonds is 9. The quantitative estimate of drug-likeness (QED) is 0.366. The third kappa shape index (κ3) is 5.18. The number of hydrogen-bond donors (Lipinski definition) is 2. The van der Waals surface area contributed by atoms with Crippen LogP contribution in [-0.4, -0.2) is 59.0 Å². The van der Waals surface area contributed by atoms with E-state index in [1.54, 1.807) is 42.6 Å². The van der Waals surface area contributed by atoms with E-state index >= 15 is 0 Å². The first-order valence-corrected chi connectivity index (χ1v) is 12.4. The molecule has 0 aliphatic heterocycles. The summed E-state index contributed by atoms with van der Waals surface area (Å²) >= 11 is 0. The van der Waals surface area contributed by atoms with Crippen molar-refractivity contribution < 1.29 is 23.1 Å². The van der Waals surface area contributed by atoms with Gasteiger partial charge in [0.05, 0.1) is 23.2 Å². The second-order valence-electron chi connectivity index (χ2n) is 8.22. The van der Waals surface area contributed by atoms with Crippen molar-refractivity contribution >= 4 is 27.0 Å². The lowest BCUT2D eigenvalue weighted by Crippen LogP contribution is -2.43. The van der Waals surface area contributed by atoms with Gasteiger partial charge in [0.25, 0.3) is 0 Å². The van der Waals surface area contributed by atoms with Gasteiger partial charge >= 0.3 is 5.97 Å². The van der Waals surface area contributed by atoms with Crippen molar-refractivity contribution in [1.29, 1.82) is 0 Å².